The van der Waals surface area contributed by atoms with E-state index in [0.29, 0.717) is 28.6 Å². The Morgan fingerprint density at radius 3 is 2.41 bits per heavy atom. The number of hydrogen-bond donors (Lipinski definition) is 1. The molecule has 5 heteroatoms. The summed E-state index contributed by atoms with van der Waals surface area (Å²) in [4.78, 5) is 12.7. The lowest BCUT2D eigenvalue weighted by molar-refractivity contribution is -0.112. The third-order valence-corrected chi connectivity index (χ3v) is 5.46. The molecule has 3 rings (SSSR count). The van der Waals surface area contributed by atoms with Gasteiger partial charge >= 0.3 is 0 Å². The molecule has 1 N–H and O–H groups in total. The van der Waals surface area contributed by atoms with Crippen LogP contribution in [0.3, 0.4) is 0 Å². The van der Waals surface area contributed by atoms with E-state index < -0.39 is 5.91 Å². The zero-order valence-corrected chi connectivity index (χ0v) is 19.2. The fourth-order valence-electron chi connectivity index (χ4n) is 3.14. The van der Waals surface area contributed by atoms with Crippen molar-refractivity contribution in [1.29, 1.82) is 5.26 Å². The Morgan fingerprint density at radius 1 is 1.03 bits per heavy atom. The minimum Gasteiger partial charge on any atom is -0.488 e. The van der Waals surface area contributed by atoms with E-state index in [1.54, 1.807) is 18.2 Å². The first kappa shape index (κ1) is 23.1. The molecule has 0 heterocycles. The summed E-state index contributed by atoms with van der Waals surface area (Å²) in [7, 11) is 0. The quantitative estimate of drug-likeness (QED) is 0.328. The second-order valence-corrected chi connectivity index (χ2v) is 8.00. The van der Waals surface area contributed by atoms with Crippen LogP contribution in [0.5, 0.6) is 5.75 Å². The molecular weight excluding hydrogens is 420 g/mol. The van der Waals surface area contributed by atoms with Crippen LogP contribution in [0.1, 0.15) is 34.7 Å². The smallest absolute Gasteiger partial charge is 0.266 e. The molecule has 4 nitrogen and oxygen atoms in total. The number of nitriles is 1. The number of anilines is 1. The second kappa shape index (κ2) is 10.7. The average Bonchev–Trinajstić information content (AvgIpc) is 2.79. The van der Waals surface area contributed by atoms with Crippen LogP contribution >= 0.6 is 11.6 Å². The Hall–Kier alpha value is -3.55. The van der Waals surface area contributed by atoms with Crippen LogP contribution < -0.4 is 10.1 Å². The first-order valence-electron chi connectivity index (χ1n) is 10.4. The lowest BCUT2D eigenvalue weighted by Crippen LogP contribution is -2.13. The first-order chi connectivity index (χ1) is 15.4. The number of carbonyl (C=O) groups is 1. The average molecular weight is 445 g/mol. The molecule has 0 aliphatic heterocycles. The standard InChI is InChI=1S/C27H25ClN2O2/c1-4-20-7-10-25(11-8-20)30-27(31)23(16-29)14-22-15-24(28)9-12-26(22)32-17-21-6-5-18(2)19(3)13-21/h5-15H,4,17H2,1-3H3,(H,30,31)/b23-14+. The summed E-state index contributed by atoms with van der Waals surface area (Å²) < 4.78 is 6.00. The van der Waals surface area contributed by atoms with Crippen molar-refractivity contribution in [2.75, 3.05) is 5.32 Å². The van der Waals surface area contributed by atoms with Gasteiger partial charge in [-0.1, -0.05) is 48.9 Å². The van der Waals surface area contributed by atoms with Crippen molar-refractivity contribution in [2.24, 2.45) is 0 Å². The largest absolute Gasteiger partial charge is 0.488 e. The van der Waals surface area contributed by atoms with Gasteiger partial charge in [-0.05, 0) is 78.9 Å². The number of carbonyl (C=O) groups excluding carboxylic acids is 1. The van der Waals surface area contributed by atoms with Crippen molar-refractivity contribution < 1.29 is 9.53 Å². The van der Waals surface area contributed by atoms with E-state index >= 15 is 0 Å². The number of amides is 1. The number of aryl methyl sites for hydroxylation is 3. The van der Waals surface area contributed by atoms with Gasteiger partial charge in [0, 0.05) is 16.3 Å². The van der Waals surface area contributed by atoms with Gasteiger partial charge in [0.15, 0.2) is 0 Å². The van der Waals surface area contributed by atoms with E-state index in [0.717, 1.165) is 12.0 Å². The second-order valence-electron chi connectivity index (χ2n) is 7.56. The van der Waals surface area contributed by atoms with Gasteiger partial charge in [-0.15, -0.1) is 0 Å². The van der Waals surface area contributed by atoms with Crippen LogP contribution in [0.2, 0.25) is 5.02 Å². The summed E-state index contributed by atoms with van der Waals surface area (Å²) in [5, 5.41) is 12.8. The van der Waals surface area contributed by atoms with Crippen molar-refractivity contribution in [3.05, 3.63) is 99.1 Å². The van der Waals surface area contributed by atoms with Crippen LogP contribution in [0.25, 0.3) is 6.08 Å². The third kappa shape index (κ3) is 6.00. The Morgan fingerprint density at radius 2 is 1.75 bits per heavy atom. The van der Waals surface area contributed by atoms with Gasteiger partial charge in [-0.25, -0.2) is 0 Å². The van der Waals surface area contributed by atoms with Crippen LogP contribution in [0, 0.1) is 25.2 Å². The molecule has 0 saturated carbocycles. The summed E-state index contributed by atoms with van der Waals surface area (Å²) in [6.07, 6.45) is 2.41. The maximum Gasteiger partial charge on any atom is 0.266 e. The highest BCUT2D eigenvalue weighted by Gasteiger charge is 2.12. The zero-order valence-electron chi connectivity index (χ0n) is 18.4. The van der Waals surface area contributed by atoms with Crippen LogP contribution in [-0.2, 0) is 17.8 Å². The molecule has 0 fully saturated rings. The fourth-order valence-corrected chi connectivity index (χ4v) is 3.32. The molecule has 0 saturated heterocycles. The SMILES string of the molecule is CCc1ccc(NC(=O)/C(C#N)=C/c2cc(Cl)ccc2OCc2ccc(C)c(C)c2)cc1. The molecule has 0 atom stereocenters. The van der Waals surface area contributed by atoms with E-state index in [9.17, 15) is 10.1 Å². The molecule has 0 aromatic heterocycles. The minimum atomic E-state index is -0.489. The van der Waals surface area contributed by atoms with E-state index in [4.69, 9.17) is 16.3 Å². The highest BCUT2D eigenvalue weighted by Crippen LogP contribution is 2.27. The summed E-state index contributed by atoms with van der Waals surface area (Å²) >= 11 is 6.17. The van der Waals surface area contributed by atoms with Crippen molar-refractivity contribution in [3.63, 3.8) is 0 Å². The molecule has 3 aromatic rings. The van der Waals surface area contributed by atoms with Gasteiger partial charge in [-0.2, -0.15) is 5.26 Å². The Labute approximate surface area is 194 Å². The van der Waals surface area contributed by atoms with E-state index in [1.165, 1.54) is 22.8 Å². The van der Waals surface area contributed by atoms with Gasteiger partial charge in [0.1, 0.15) is 24.0 Å². The van der Waals surface area contributed by atoms with Crippen molar-refractivity contribution >= 4 is 29.3 Å². The minimum absolute atomic E-state index is 0.0390. The molecule has 1 amide bonds. The van der Waals surface area contributed by atoms with Crippen LogP contribution in [0.4, 0.5) is 5.69 Å². The lowest BCUT2D eigenvalue weighted by Gasteiger charge is -2.12. The van der Waals surface area contributed by atoms with Crippen LogP contribution in [0.15, 0.2) is 66.2 Å². The maximum absolute atomic E-state index is 12.7. The van der Waals surface area contributed by atoms with E-state index in [-0.39, 0.29) is 5.57 Å². The Kier molecular flexibility index (Phi) is 7.70. The summed E-state index contributed by atoms with van der Waals surface area (Å²) in [6.45, 7) is 6.55. The molecular formula is C27H25ClN2O2. The first-order valence-corrected chi connectivity index (χ1v) is 10.8. The van der Waals surface area contributed by atoms with Crippen LogP contribution in [-0.4, -0.2) is 5.91 Å². The number of nitrogens with zero attached hydrogens (tertiary/aromatic N) is 1. The normalized spacial score (nSPS) is 11.0. The van der Waals surface area contributed by atoms with Gasteiger partial charge in [0.05, 0.1) is 0 Å². The predicted molar refractivity (Wildman–Crippen MR) is 130 cm³/mol. The summed E-state index contributed by atoms with van der Waals surface area (Å²) in [5.41, 5.74) is 5.77. The highest BCUT2D eigenvalue weighted by atomic mass is 35.5. The summed E-state index contributed by atoms with van der Waals surface area (Å²) in [6, 6.07) is 20.8. The fraction of sp³-hybridized carbons (Fsp3) is 0.185. The zero-order chi connectivity index (χ0) is 23.1. The van der Waals surface area contributed by atoms with E-state index in [2.05, 4.69) is 38.2 Å². The summed E-state index contributed by atoms with van der Waals surface area (Å²) in [5.74, 6) is 0.0531. The highest BCUT2D eigenvalue weighted by molar-refractivity contribution is 6.30. The van der Waals surface area contributed by atoms with E-state index in [1.807, 2.05) is 36.4 Å². The number of rotatable bonds is 7. The Balaban J connectivity index is 1.81. The van der Waals surface area contributed by atoms with Crippen molar-refractivity contribution in [2.45, 2.75) is 33.8 Å². The molecule has 0 aliphatic carbocycles. The van der Waals surface area contributed by atoms with Gasteiger partial charge in [0.2, 0.25) is 0 Å². The number of halogens is 1. The molecule has 3 aromatic carbocycles. The molecule has 0 aliphatic rings. The molecule has 0 spiro atoms. The molecule has 0 radical (unpaired) electrons. The van der Waals surface area contributed by atoms with Crippen molar-refractivity contribution in [3.8, 4) is 11.8 Å². The third-order valence-electron chi connectivity index (χ3n) is 5.22. The monoisotopic (exact) mass is 444 g/mol. The number of benzene rings is 3. The topological polar surface area (TPSA) is 62.1 Å². The predicted octanol–water partition coefficient (Wildman–Crippen LogP) is 6.64. The Bertz CT molecular complexity index is 1190. The molecule has 0 unspecified atom stereocenters. The molecule has 32 heavy (non-hydrogen) atoms. The van der Waals surface area contributed by atoms with Gasteiger partial charge in [0.25, 0.3) is 5.91 Å². The molecule has 0 bridgehead atoms. The number of hydrogen-bond acceptors (Lipinski definition) is 3. The molecule has 162 valence electrons. The lowest BCUT2D eigenvalue weighted by atomic mass is 10.1. The maximum atomic E-state index is 12.7. The van der Waals surface area contributed by atoms with Gasteiger partial charge in [-0.3, -0.25) is 4.79 Å². The number of nitrogens with one attached hydrogen (secondary N) is 1. The van der Waals surface area contributed by atoms with Crippen molar-refractivity contribution in [1.82, 2.24) is 0 Å². The number of ether oxygens (including phenoxy) is 1. The van der Waals surface area contributed by atoms with Gasteiger partial charge < -0.3 is 10.1 Å².